The van der Waals surface area contributed by atoms with Gasteiger partial charge < -0.3 is 10.0 Å². The molecule has 0 amide bonds. The van der Waals surface area contributed by atoms with Crippen molar-refractivity contribution in [3.8, 4) is 0 Å². The number of carboxylic acids is 1. The van der Waals surface area contributed by atoms with Gasteiger partial charge in [-0.1, -0.05) is 13.3 Å². The molecule has 0 aliphatic carbocycles. The lowest BCUT2D eigenvalue weighted by atomic mass is 10.1. The number of carboxylic acid groups (broad SMARTS) is 1. The van der Waals surface area contributed by atoms with Crippen LogP contribution in [0.25, 0.3) is 0 Å². The van der Waals surface area contributed by atoms with E-state index in [9.17, 15) is 4.79 Å². The molecule has 0 saturated heterocycles. The summed E-state index contributed by atoms with van der Waals surface area (Å²) < 4.78 is 0. The lowest BCUT2D eigenvalue weighted by Gasteiger charge is -2.23. The summed E-state index contributed by atoms with van der Waals surface area (Å²) in [7, 11) is 2.06. The first-order valence-electron chi connectivity index (χ1n) is 5.00. The Morgan fingerprint density at radius 3 is 2.62 bits per heavy atom. The molecule has 3 nitrogen and oxygen atoms in total. The van der Waals surface area contributed by atoms with Gasteiger partial charge in [-0.05, 0) is 33.4 Å². The van der Waals surface area contributed by atoms with Crippen LogP contribution in [0, 0.1) is 0 Å². The lowest BCUT2D eigenvalue weighted by Crippen LogP contribution is -2.30. The largest absolute Gasteiger partial charge is 0.481 e. The third-order valence-electron chi connectivity index (χ3n) is 2.39. The Morgan fingerprint density at radius 1 is 1.54 bits per heavy atom. The molecule has 1 N–H and O–H groups in total. The van der Waals surface area contributed by atoms with Crippen LogP contribution in [-0.2, 0) is 4.79 Å². The van der Waals surface area contributed by atoms with E-state index in [1.54, 1.807) is 0 Å². The van der Waals surface area contributed by atoms with E-state index in [2.05, 4.69) is 25.8 Å². The van der Waals surface area contributed by atoms with Crippen molar-refractivity contribution >= 4 is 5.97 Å². The first-order valence-corrected chi connectivity index (χ1v) is 5.00. The Hall–Kier alpha value is -0.570. The van der Waals surface area contributed by atoms with Gasteiger partial charge in [0.2, 0.25) is 0 Å². The van der Waals surface area contributed by atoms with Crippen LogP contribution in [0.3, 0.4) is 0 Å². The second kappa shape index (κ2) is 6.89. The second-order valence-electron chi connectivity index (χ2n) is 3.62. The maximum absolute atomic E-state index is 10.3. The third kappa shape index (κ3) is 6.58. The Morgan fingerprint density at radius 2 is 2.15 bits per heavy atom. The maximum atomic E-state index is 10.3. The molecule has 0 spiro atoms. The van der Waals surface area contributed by atoms with Gasteiger partial charge in [-0.3, -0.25) is 4.79 Å². The van der Waals surface area contributed by atoms with Gasteiger partial charge in [-0.15, -0.1) is 0 Å². The molecule has 0 aromatic rings. The van der Waals surface area contributed by atoms with Gasteiger partial charge in [0.05, 0.1) is 0 Å². The summed E-state index contributed by atoms with van der Waals surface area (Å²) in [6, 6.07) is 0.377. The van der Waals surface area contributed by atoms with Crippen molar-refractivity contribution in [3.63, 3.8) is 0 Å². The molecule has 0 aromatic heterocycles. The van der Waals surface area contributed by atoms with Gasteiger partial charge in [0, 0.05) is 12.5 Å². The first-order chi connectivity index (χ1) is 6.07. The molecule has 0 rings (SSSR count). The standard InChI is InChI=1S/C10H21NO2/c1-4-5-8-11(3)9(2)6-7-10(12)13/h9H,4-8H2,1-3H3,(H,12,13). The van der Waals surface area contributed by atoms with E-state index < -0.39 is 5.97 Å². The Bertz CT molecular complexity index is 148. The molecule has 0 aromatic carbocycles. The predicted molar refractivity (Wildman–Crippen MR) is 53.9 cm³/mol. The summed E-state index contributed by atoms with van der Waals surface area (Å²) in [5, 5.41) is 8.50. The number of unbranched alkanes of at least 4 members (excludes halogenated alkanes) is 1. The van der Waals surface area contributed by atoms with Crippen molar-refractivity contribution in [1.29, 1.82) is 0 Å². The molecule has 0 saturated carbocycles. The van der Waals surface area contributed by atoms with Crippen LogP contribution < -0.4 is 0 Å². The van der Waals surface area contributed by atoms with E-state index in [4.69, 9.17) is 5.11 Å². The van der Waals surface area contributed by atoms with Gasteiger partial charge >= 0.3 is 5.97 Å². The van der Waals surface area contributed by atoms with Crippen LogP contribution in [0.5, 0.6) is 0 Å². The van der Waals surface area contributed by atoms with E-state index in [1.165, 1.54) is 12.8 Å². The number of hydrogen-bond acceptors (Lipinski definition) is 2. The van der Waals surface area contributed by atoms with Gasteiger partial charge in [-0.2, -0.15) is 0 Å². The summed E-state index contributed by atoms with van der Waals surface area (Å²) in [6.45, 7) is 5.31. The molecule has 0 fully saturated rings. The van der Waals surface area contributed by atoms with E-state index in [1.807, 2.05) is 0 Å². The number of rotatable bonds is 7. The summed E-state index contributed by atoms with van der Waals surface area (Å²) in [6.07, 6.45) is 3.40. The highest BCUT2D eigenvalue weighted by Crippen LogP contribution is 2.05. The van der Waals surface area contributed by atoms with Crippen LogP contribution in [-0.4, -0.2) is 35.6 Å². The number of nitrogens with zero attached hydrogens (tertiary/aromatic N) is 1. The summed E-state index contributed by atoms with van der Waals surface area (Å²) in [5.41, 5.74) is 0. The van der Waals surface area contributed by atoms with Crippen LogP contribution in [0.4, 0.5) is 0 Å². The minimum Gasteiger partial charge on any atom is -0.481 e. The second-order valence-corrected chi connectivity index (χ2v) is 3.62. The zero-order valence-corrected chi connectivity index (χ0v) is 8.92. The van der Waals surface area contributed by atoms with Crippen molar-refractivity contribution < 1.29 is 9.90 Å². The molecule has 0 aliphatic heterocycles. The summed E-state index contributed by atoms with van der Waals surface area (Å²) in [5.74, 6) is -0.698. The van der Waals surface area contributed by atoms with Gasteiger partial charge in [-0.25, -0.2) is 0 Å². The Kier molecular flexibility index (Phi) is 6.59. The van der Waals surface area contributed by atoms with Crippen molar-refractivity contribution in [3.05, 3.63) is 0 Å². The maximum Gasteiger partial charge on any atom is 0.303 e. The molecule has 0 aliphatic rings. The molecule has 0 heterocycles. The van der Waals surface area contributed by atoms with E-state index in [0.717, 1.165) is 13.0 Å². The SMILES string of the molecule is CCCCN(C)C(C)CCC(=O)O. The fourth-order valence-electron chi connectivity index (χ4n) is 1.18. The number of aliphatic carboxylic acids is 1. The lowest BCUT2D eigenvalue weighted by molar-refractivity contribution is -0.137. The molecule has 0 radical (unpaired) electrons. The smallest absolute Gasteiger partial charge is 0.303 e. The van der Waals surface area contributed by atoms with Crippen molar-refractivity contribution in [2.24, 2.45) is 0 Å². The average molecular weight is 187 g/mol. The molecule has 3 heteroatoms. The van der Waals surface area contributed by atoms with Gasteiger partial charge in [0.15, 0.2) is 0 Å². The predicted octanol–water partition coefficient (Wildman–Crippen LogP) is 1.97. The molecule has 1 atom stereocenters. The zero-order chi connectivity index (χ0) is 10.3. The fourth-order valence-corrected chi connectivity index (χ4v) is 1.18. The van der Waals surface area contributed by atoms with Gasteiger partial charge in [0.25, 0.3) is 0 Å². The molecular formula is C10H21NO2. The molecular weight excluding hydrogens is 166 g/mol. The summed E-state index contributed by atoms with van der Waals surface area (Å²) >= 11 is 0. The normalized spacial score (nSPS) is 13.2. The van der Waals surface area contributed by atoms with Crippen molar-refractivity contribution in [2.45, 2.75) is 45.6 Å². The molecule has 1 unspecified atom stereocenters. The number of hydrogen-bond donors (Lipinski definition) is 1. The van der Waals surface area contributed by atoms with E-state index in [0.29, 0.717) is 6.04 Å². The monoisotopic (exact) mass is 187 g/mol. The Balaban J connectivity index is 3.56. The van der Waals surface area contributed by atoms with Crippen LogP contribution in [0.1, 0.15) is 39.5 Å². The van der Waals surface area contributed by atoms with Crippen LogP contribution >= 0.6 is 0 Å². The van der Waals surface area contributed by atoms with Crippen molar-refractivity contribution in [2.75, 3.05) is 13.6 Å². The first kappa shape index (κ1) is 12.4. The summed E-state index contributed by atoms with van der Waals surface area (Å²) in [4.78, 5) is 12.6. The topological polar surface area (TPSA) is 40.5 Å². The van der Waals surface area contributed by atoms with E-state index >= 15 is 0 Å². The average Bonchev–Trinajstić information content (AvgIpc) is 2.10. The quantitative estimate of drug-likeness (QED) is 0.662. The minimum absolute atomic E-state index is 0.275. The van der Waals surface area contributed by atoms with Crippen LogP contribution in [0.15, 0.2) is 0 Å². The third-order valence-corrected chi connectivity index (χ3v) is 2.39. The highest BCUT2D eigenvalue weighted by atomic mass is 16.4. The minimum atomic E-state index is -0.698. The van der Waals surface area contributed by atoms with Gasteiger partial charge in [0.1, 0.15) is 0 Å². The molecule has 78 valence electrons. The van der Waals surface area contributed by atoms with Crippen molar-refractivity contribution in [1.82, 2.24) is 4.90 Å². The highest BCUT2D eigenvalue weighted by Gasteiger charge is 2.09. The Labute approximate surface area is 80.7 Å². The highest BCUT2D eigenvalue weighted by molar-refractivity contribution is 5.66. The number of carbonyl (C=O) groups is 1. The fraction of sp³-hybridized carbons (Fsp3) is 0.900. The molecule has 13 heavy (non-hydrogen) atoms. The van der Waals surface area contributed by atoms with Crippen LogP contribution in [0.2, 0.25) is 0 Å². The van der Waals surface area contributed by atoms with E-state index in [-0.39, 0.29) is 6.42 Å². The zero-order valence-electron chi connectivity index (χ0n) is 8.92. The molecule has 0 bridgehead atoms.